The second kappa shape index (κ2) is 6.34. The van der Waals surface area contributed by atoms with Crippen LogP contribution in [0.25, 0.3) is 0 Å². The minimum Gasteiger partial charge on any atom is -0.313 e. The normalized spacial score (nSPS) is 11.5. The quantitative estimate of drug-likeness (QED) is 0.862. The number of hydrogen-bond acceptors (Lipinski definition) is 4. The van der Waals surface area contributed by atoms with E-state index in [9.17, 15) is 12.8 Å². The zero-order valence-electron chi connectivity index (χ0n) is 10.9. The molecule has 0 radical (unpaired) electrons. The van der Waals surface area contributed by atoms with Crippen molar-refractivity contribution in [2.45, 2.75) is 17.7 Å². The summed E-state index contributed by atoms with van der Waals surface area (Å²) in [6.07, 6.45) is 0. The third kappa shape index (κ3) is 3.78. The molecule has 0 spiro atoms. The number of hydrogen-bond donors (Lipinski definition) is 2. The first-order chi connectivity index (χ1) is 9.51. The van der Waals surface area contributed by atoms with Crippen molar-refractivity contribution < 1.29 is 12.8 Å². The van der Waals surface area contributed by atoms with Crippen LogP contribution in [-0.2, 0) is 16.6 Å². The number of halogens is 1. The van der Waals surface area contributed by atoms with Gasteiger partial charge in [-0.05, 0) is 41.8 Å². The first kappa shape index (κ1) is 15.0. The van der Waals surface area contributed by atoms with Gasteiger partial charge in [-0.2, -0.15) is 0 Å². The minimum absolute atomic E-state index is 0.214. The lowest BCUT2D eigenvalue weighted by molar-refractivity contribution is 0.603. The third-order valence-electron chi connectivity index (χ3n) is 2.55. The summed E-state index contributed by atoms with van der Waals surface area (Å²) in [5.41, 5.74) is 1.13. The predicted octanol–water partition coefficient (Wildman–Crippen LogP) is 2.80. The average Bonchev–Trinajstić information content (AvgIpc) is 2.85. The van der Waals surface area contributed by atoms with E-state index in [-0.39, 0.29) is 9.90 Å². The number of thiophene rings is 1. The van der Waals surface area contributed by atoms with Crippen LogP contribution < -0.4 is 10.0 Å². The topological polar surface area (TPSA) is 58.2 Å². The lowest BCUT2D eigenvalue weighted by Gasteiger charge is -2.05. The van der Waals surface area contributed by atoms with Crippen molar-refractivity contribution in [1.82, 2.24) is 5.32 Å². The van der Waals surface area contributed by atoms with Crippen molar-refractivity contribution in [3.05, 3.63) is 47.1 Å². The van der Waals surface area contributed by atoms with Crippen molar-refractivity contribution in [2.24, 2.45) is 0 Å². The highest BCUT2D eigenvalue weighted by molar-refractivity contribution is 7.94. The third-order valence-corrected chi connectivity index (χ3v) is 5.42. The van der Waals surface area contributed by atoms with Crippen LogP contribution in [0.4, 0.5) is 10.1 Å². The zero-order valence-corrected chi connectivity index (χ0v) is 12.5. The fraction of sp³-hybridized carbons (Fsp3) is 0.231. The van der Waals surface area contributed by atoms with Crippen molar-refractivity contribution in [1.29, 1.82) is 0 Å². The van der Waals surface area contributed by atoms with Crippen LogP contribution in [0, 0.1) is 5.82 Å². The first-order valence-electron chi connectivity index (χ1n) is 6.08. The molecule has 20 heavy (non-hydrogen) atoms. The van der Waals surface area contributed by atoms with Crippen LogP contribution in [0.1, 0.15) is 12.5 Å². The van der Waals surface area contributed by atoms with Crippen molar-refractivity contribution in [3.8, 4) is 0 Å². The van der Waals surface area contributed by atoms with E-state index in [1.807, 2.05) is 6.92 Å². The van der Waals surface area contributed by atoms with Gasteiger partial charge in [0.2, 0.25) is 0 Å². The molecule has 0 saturated carbocycles. The summed E-state index contributed by atoms with van der Waals surface area (Å²) in [6.45, 7) is 3.43. The molecule has 108 valence electrons. The first-order valence-corrected chi connectivity index (χ1v) is 8.44. The molecular weight excluding hydrogens is 299 g/mol. The Labute approximate surface area is 121 Å². The Balaban J connectivity index is 2.16. The average molecular weight is 314 g/mol. The second-order valence-electron chi connectivity index (χ2n) is 4.17. The van der Waals surface area contributed by atoms with Crippen molar-refractivity contribution in [3.63, 3.8) is 0 Å². The standard InChI is InChI=1S/C13H15FN2O2S2/c1-2-15-8-10-6-13(19-9-10)20(17,18)16-12-5-3-4-11(14)7-12/h3-7,9,15-16H,2,8H2,1H3. The molecule has 2 aromatic rings. The van der Waals surface area contributed by atoms with Crippen LogP contribution >= 0.6 is 11.3 Å². The second-order valence-corrected chi connectivity index (χ2v) is 6.99. The fourth-order valence-corrected chi connectivity index (χ4v) is 3.87. The van der Waals surface area contributed by atoms with E-state index < -0.39 is 15.8 Å². The Hall–Kier alpha value is -1.44. The highest BCUT2D eigenvalue weighted by atomic mass is 32.2. The van der Waals surface area contributed by atoms with Crippen molar-refractivity contribution in [2.75, 3.05) is 11.3 Å². The van der Waals surface area contributed by atoms with Crippen molar-refractivity contribution >= 4 is 27.0 Å². The molecule has 0 unspecified atom stereocenters. The maximum Gasteiger partial charge on any atom is 0.271 e. The molecule has 0 aliphatic heterocycles. The van der Waals surface area contributed by atoms with Gasteiger partial charge in [-0.1, -0.05) is 13.0 Å². The van der Waals surface area contributed by atoms with Gasteiger partial charge < -0.3 is 5.32 Å². The summed E-state index contributed by atoms with van der Waals surface area (Å²) in [5.74, 6) is -0.482. The summed E-state index contributed by atoms with van der Waals surface area (Å²) in [5, 5.41) is 4.92. The van der Waals surface area contributed by atoms with E-state index >= 15 is 0 Å². The lowest BCUT2D eigenvalue weighted by atomic mass is 10.3. The predicted molar refractivity (Wildman–Crippen MR) is 78.9 cm³/mol. The van der Waals surface area contributed by atoms with E-state index in [4.69, 9.17) is 0 Å². The number of rotatable bonds is 6. The monoisotopic (exact) mass is 314 g/mol. The van der Waals surface area contributed by atoms with Gasteiger partial charge in [-0.25, -0.2) is 12.8 Å². The molecule has 1 aromatic carbocycles. The van der Waals surface area contributed by atoms with Crippen LogP contribution in [-0.4, -0.2) is 15.0 Å². The Bertz CT molecular complexity index is 683. The molecule has 0 atom stereocenters. The molecule has 0 aliphatic carbocycles. The maximum absolute atomic E-state index is 13.0. The van der Waals surface area contributed by atoms with Gasteiger partial charge in [-0.3, -0.25) is 4.72 Å². The zero-order chi connectivity index (χ0) is 14.6. The van der Waals surface area contributed by atoms with Crippen LogP contribution in [0.5, 0.6) is 0 Å². The molecule has 4 nitrogen and oxygen atoms in total. The summed E-state index contributed by atoms with van der Waals surface area (Å²) < 4.78 is 39.9. The molecule has 0 amide bonds. The molecule has 0 aliphatic rings. The van der Waals surface area contributed by atoms with E-state index in [2.05, 4.69) is 10.0 Å². The molecule has 1 heterocycles. The summed E-state index contributed by atoms with van der Waals surface area (Å²) in [7, 11) is -3.66. The van der Waals surface area contributed by atoms with E-state index in [0.717, 1.165) is 29.5 Å². The van der Waals surface area contributed by atoms with Gasteiger partial charge in [0.25, 0.3) is 10.0 Å². The van der Waals surface area contributed by atoms with Gasteiger partial charge in [0.05, 0.1) is 5.69 Å². The lowest BCUT2D eigenvalue weighted by Crippen LogP contribution is -2.12. The Morgan fingerprint density at radius 2 is 2.10 bits per heavy atom. The minimum atomic E-state index is -3.66. The maximum atomic E-state index is 13.0. The van der Waals surface area contributed by atoms with Gasteiger partial charge in [0.15, 0.2) is 0 Å². The van der Waals surface area contributed by atoms with Gasteiger partial charge in [-0.15, -0.1) is 11.3 Å². The molecule has 0 saturated heterocycles. The fourth-order valence-electron chi connectivity index (χ4n) is 1.61. The molecule has 1 aromatic heterocycles. The van der Waals surface area contributed by atoms with Gasteiger partial charge in [0, 0.05) is 6.54 Å². The molecular formula is C13H15FN2O2S2. The highest BCUT2D eigenvalue weighted by Crippen LogP contribution is 2.23. The van der Waals surface area contributed by atoms with Crippen LogP contribution in [0.2, 0.25) is 0 Å². The Kier molecular flexibility index (Phi) is 4.74. The highest BCUT2D eigenvalue weighted by Gasteiger charge is 2.17. The summed E-state index contributed by atoms with van der Waals surface area (Å²) >= 11 is 1.15. The molecule has 0 fully saturated rings. The SMILES string of the molecule is CCNCc1csc(S(=O)(=O)Nc2cccc(F)c2)c1. The van der Waals surface area contributed by atoms with E-state index in [1.165, 1.54) is 18.2 Å². The number of anilines is 1. The Morgan fingerprint density at radius 1 is 1.30 bits per heavy atom. The van der Waals surface area contributed by atoms with Gasteiger partial charge in [0.1, 0.15) is 10.0 Å². The van der Waals surface area contributed by atoms with Crippen LogP contribution in [0.3, 0.4) is 0 Å². The smallest absolute Gasteiger partial charge is 0.271 e. The molecule has 7 heteroatoms. The largest absolute Gasteiger partial charge is 0.313 e. The summed E-state index contributed by atoms with van der Waals surface area (Å²) in [6, 6.07) is 6.99. The van der Waals surface area contributed by atoms with E-state index in [1.54, 1.807) is 11.4 Å². The molecule has 2 N–H and O–H groups in total. The van der Waals surface area contributed by atoms with Crippen LogP contribution in [0.15, 0.2) is 39.9 Å². The number of sulfonamides is 1. The summed E-state index contributed by atoms with van der Waals surface area (Å²) in [4.78, 5) is 0. The number of benzene rings is 1. The molecule has 0 bridgehead atoms. The Morgan fingerprint density at radius 3 is 2.80 bits per heavy atom. The van der Waals surface area contributed by atoms with E-state index in [0.29, 0.717) is 6.54 Å². The molecule has 2 rings (SSSR count). The van der Waals surface area contributed by atoms with Gasteiger partial charge >= 0.3 is 0 Å². The number of nitrogens with one attached hydrogen (secondary N) is 2.